The number of aromatic nitrogens is 2. The molecule has 0 aliphatic carbocycles. The molecule has 0 bridgehead atoms. The molecule has 6 nitrogen and oxygen atoms in total. The first-order chi connectivity index (χ1) is 9.54. The van der Waals surface area contributed by atoms with Crippen molar-refractivity contribution < 1.29 is 4.79 Å². The van der Waals surface area contributed by atoms with Crippen LogP contribution in [0.4, 0.5) is 0 Å². The number of nitrogens with one attached hydrogen (secondary N) is 3. The van der Waals surface area contributed by atoms with Gasteiger partial charge in [-0.05, 0) is 36.2 Å². The maximum absolute atomic E-state index is 11.7. The number of hydrazone groups is 1. The third kappa shape index (κ3) is 3.97. The smallest absolute Gasteiger partial charge is 0.251 e. The zero-order valence-corrected chi connectivity index (χ0v) is 12.2. The Morgan fingerprint density at radius 2 is 2.35 bits per heavy atom. The summed E-state index contributed by atoms with van der Waals surface area (Å²) in [5.41, 5.74) is 3.61. The van der Waals surface area contributed by atoms with E-state index in [-0.39, 0.29) is 22.7 Å². The van der Waals surface area contributed by atoms with Gasteiger partial charge in [-0.15, -0.1) is 11.3 Å². The van der Waals surface area contributed by atoms with Crippen molar-refractivity contribution in [2.24, 2.45) is 5.10 Å². The Morgan fingerprint density at radius 3 is 3.00 bits per heavy atom. The van der Waals surface area contributed by atoms with Gasteiger partial charge in [-0.2, -0.15) is 5.10 Å². The highest BCUT2D eigenvalue weighted by molar-refractivity contribution is 7.71. The molecule has 0 aliphatic rings. The fourth-order valence-corrected chi connectivity index (χ4v) is 2.52. The Balaban J connectivity index is 1.96. The molecule has 0 aromatic carbocycles. The molecule has 2 rings (SSSR count). The maximum atomic E-state index is 11.7. The van der Waals surface area contributed by atoms with Gasteiger partial charge in [-0.1, -0.05) is 0 Å². The summed E-state index contributed by atoms with van der Waals surface area (Å²) < 4.78 is 0.193. The average molecular weight is 308 g/mol. The first-order valence-electron chi connectivity index (χ1n) is 5.73. The molecular formula is C12H12N4O2S2. The predicted molar refractivity (Wildman–Crippen MR) is 80.7 cm³/mol. The van der Waals surface area contributed by atoms with E-state index in [2.05, 4.69) is 20.5 Å². The Morgan fingerprint density at radius 1 is 1.55 bits per heavy atom. The lowest BCUT2D eigenvalue weighted by molar-refractivity contribution is -0.120. The second-order valence-electron chi connectivity index (χ2n) is 4.05. The molecule has 2 aromatic rings. The van der Waals surface area contributed by atoms with Gasteiger partial charge in [0.1, 0.15) is 0 Å². The summed E-state index contributed by atoms with van der Waals surface area (Å²) in [7, 11) is 0. The van der Waals surface area contributed by atoms with Crippen molar-refractivity contribution in [3.63, 3.8) is 0 Å². The quantitative estimate of drug-likeness (QED) is 0.454. The second-order valence-corrected chi connectivity index (χ2v) is 5.41. The number of H-pyrrole nitrogens is 2. The topological polar surface area (TPSA) is 90.1 Å². The standard InChI is InChI=1S/C12H12N4O2S2/c1-7-2-3-20-9(7)6-13-16-11(18)5-8-4-10(17)15-12(19)14-8/h2-4,6H,5H2,1H3,(H,16,18)(H2,14,15,17,19)/b13-6-. The zero-order valence-electron chi connectivity index (χ0n) is 10.6. The van der Waals surface area contributed by atoms with Crippen molar-refractivity contribution >= 4 is 35.7 Å². The van der Waals surface area contributed by atoms with Crippen molar-refractivity contribution in [1.29, 1.82) is 0 Å². The van der Waals surface area contributed by atoms with E-state index in [1.54, 1.807) is 17.6 Å². The minimum atomic E-state index is -0.339. The van der Waals surface area contributed by atoms with Crippen LogP contribution in [-0.2, 0) is 11.2 Å². The first-order valence-corrected chi connectivity index (χ1v) is 7.02. The Hall–Kier alpha value is -2.06. The number of carbonyl (C=O) groups is 1. The monoisotopic (exact) mass is 308 g/mol. The number of nitrogens with zero attached hydrogens (tertiary/aromatic N) is 1. The molecule has 0 saturated carbocycles. The largest absolute Gasteiger partial charge is 0.335 e. The van der Waals surface area contributed by atoms with Gasteiger partial charge in [0, 0.05) is 16.6 Å². The van der Waals surface area contributed by atoms with Crippen molar-refractivity contribution in [1.82, 2.24) is 15.4 Å². The van der Waals surface area contributed by atoms with Gasteiger partial charge in [-0.25, -0.2) is 5.43 Å². The van der Waals surface area contributed by atoms with E-state index >= 15 is 0 Å². The van der Waals surface area contributed by atoms with E-state index in [0.29, 0.717) is 5.69 Å². The lowest BCUT2D eigenvalue weighted by atomic mass is 10.3. The van der Waals surface area contributed by atoms with Crippen LogP contribution in [0.15, 0.2) is 27.4 Å². The molecule has 2 aromatic heterocycles. The van der Waals surface area contributed by atoms with E-state index in [1.165, 1.54) is 6.07 Å². The molecule has 0 fully saturated rings. The first kappa shape index (κ1) is 14.4. The summed E-state index contributed by atoms with van der Waals surface area (Å²) in [6, 6.07) is 3.27. The number of carbonyl (C=O) groups excluding carboxylic acids is 1. The summed E-state index contributed by atoms with van der Waals surface area (Å²) >= 11 is 6.37. The Bertz CT molecular complexity index is 729. The van der Waals surface area contributed by atoms with E-state index in [9.17, 15) is 9.59 Å². The van der Waals surface area contributed by atoms with E-state index in [1.807, 2.05) is 18.4 Å². The fraction of sp³-hybridized carbons (Fsp3) is 0.167. The van der Waals surface area contributed by atoms with Gasteiger partial charge in [0.25, 0.3) is 5.56 Å². The Kier molecular flexibility index (Phi) is 4.59. The van der Waals surface area contributed by atoms with E-state index in [4.69, 9.17) is 12.2 Å². The van der Waals surface area contributed by atoms with Gasteiger partial charge in [-0.3, -0.25) is 14.6 Å². The van der Waals surface area contributed by atoms with Gasteiger partial charge in [0.05, 0.1) is 12.6 Å². The van der Waals surface area contributed by atoms with Crippen molar-refractivity contribution in [2.45, 2.75) is 13.3 Å². The average Bonchev–Trinajstić information content (AvgIpc) is 2.73. The SMILES string of the molecule is Cc1ccsc1/C=N\NC(=O)Cc1cc(=O)[nH]c(=S)[nH]1. The van der Waals surface area contributed by atoms with E-state index in [0.717, 1.165) is 10.4 Å². The number of rotatable bonds is 4. The highest BCUT2D eigenvalue weighted by Gasteiger charge is 2.03. The molecule has 3 N–H and O–H groups in total. The van der Waals surface area contributed by atoms with Crippen molar-refractivity contribution in [2.75, 3.05) is 0 Å². The summed E-state index contributed by atoms with van der Waals surface area (Å²) in [5, 5.41) is 5.83. The molecule has 1 amide bonds. The zero-order chi connectivity index (χ0) is 14.5. The van der Waals surface area contributed by atoms with Crippen LogP contribution in [0.2, 0.25) is 0 Å². The number of hydrogen-bond donors (Lipinski definition) is 3. The summed E-state index contributed by atoms with van der Waals surface area (Å²) in [6.07, 6.45) is 1.60. The molecule has 0 radical (unpaired) electrons. The third-order valence-corrected chi connectivity index (χ3v) is 3.60. The molecule has 0 unspecified atom stereocenters. The number of amides is 1. The minimum absolute atomic E-state index is 0.00826. The summed E-state index contributed by atoms with van der Waals surface area (Å²) in [4.78, 5) is 29.0. The lowest BCUT2D eigenvalue weighted by Gasteiger charge is -2.00. The van der Waals surface area contributed by atoms with Crippen LogP contribution in [0.5, 0.6) is 0 Å². The molecule has 2 heterocycles. The van der Waals surface area contributed by atoms with Crippen LogP contribution in [0.1, 0.15) is 16.1 Å². The van der Waals surface area contributed by atoms with Crippen LogP contribution in [-0.4, -0.2) is 22.1 Å². The van der Waals surface area contributed by atoms with E-state index < -0.39 is 0 Å². The highest BCUT2D eigenvalue weighted by atomic mass is 32.1. The number of thiophene rings is 1. The minimum Gasteiger partial charge on any atom is -0.335 e. The molecule has 0 saturated heterocycles. The number of aryl methyl sites for hydroxylation is 1. The molecule has 8 heteroatoms. The molecule has 0 atom stereocenters. The van der Waals surface area contributed by atoms with Crippen LogP contribution in [0.25, 0.3) is 0 Å². The molecule has 0 aliphatic heterocycles. The van der Waals surface area contributed by atoms with Crippen LogP contribution >= 0.6 is 23.6 Å². The molecule has 104 valence electrons. The normalized spacial score (nSPS) is 10.8. The van der Waals surface area contributed by atoms with Gasteiger partial charge in [0.2, 0.25) is 5.91 Å². The predicted octanol–water partition coefficient (Wildman–Crippen LogP) is 1.50. The van der Waals surface area contributed by atoms with Crippen molar-refractivity contribution in [3.05, 3.63) is 48.8 Å². The lowest BCUT2D eigenvalue weighted by Crippen LogP contribution is -2.21. The highest BCUT2D eigenvalue weighted by Crippen LogP contribution is 2.12. The maximum Gasteiger partial charge on any atom is 0.251 e. The number of aromatic amines is 2. The molecule has 0 spiro atoms. The van der Waals surface area contributed by atoms with Gasteiger partial charge in [0.15, 0.2) is 4.77 Å². The van der Waals surface area contributed by atoms with Gasteiger partial charge >= 0.3 is 0 Å². The Labute approximate surface area is 123 Å². The second kappa shape index (κ2) is 6.40. The van der Waals surface area contributed by atoms with Crippen LogP contribution in [0, 0.1) is 11.7 Å². The summed E-state index contributed by atoms with van der Waals surface area (Å²) in [5.74, 6) is -0.327. The summed E-state index contributed by atoms with van der Waals surface area (Å²) in [6.45, 7) is 1.97. The molecular weight excluding hydrogens is 296 g/mol. The number of hydrogen-bond acceptors (Lipinski definition) is 5. The molecule has 20 heavy (non-hydrogen) atoms. The fourth-order valence-electron chi connectivity index (χ4n) is 1.51. The van der Waals surface area contributed by atoms with Crippen LogP contribution < -0.4 is 11.0 Å². The van der Waals surface area contributed by atoms with Crippen LogP contribution in [0.3, 0.4) is 0 Å². The van der Waals surface area contributed by atoms with Crippen molar-refractivity contribution in [3.8, 4) is 0 Å². The third-order valence-electron chi connectivity index (χ3n) is 2.44. The van der Waals surface area contributed by atoms with Gasteiger partial charge < -0.3 is 4.98 Å².